The lowest BCUT2D eigenvalue weighted by molar-refractivity contribution is 0.0645. The van der Waals surface area contributed by atoms with Crippen LogP contribution in [0, 0.1) is 22.7 Å². The smallest absolute Gasteiger partial charge is 0.133 e. The molecule has 0 radical (unpaired) electrons. The van der Waals surface area contributed by atoms with Crippen LogP contribution in [0.2, 0.25) is 0 Å². The molecule has 1 aliphatic carbocycles. The maximum absolute atomic E-state index is 9.48. The zero-order valence-electron chi connectivity index (χ0n) is 12.4. The third-order valence-corrected chi connectivity index (χ3v) is 3.49. The Labute approximate surface area is 112 Å². The Morgan fingerprint density at radius 2 is 2.00 bits per heavy atom. The van der Waals surface area contributed by atoms with Gasteiger partial charge in [-0.15, -0.1) is 0 Å². The van der Waals surface area contributed by atoms with Gasteiger partial charge in [-0.05, 0) is 43.6 Å². The Bertz CT molecular complexity index is 286. The molecule has 0 spiro atoms. The highest BCUT2D eigenvalue weighted by Crippen LogP contribution is 2.39. The van der Waals surface area contributed by atoms with Gasteiger partial charge in [-0.2, -0.15) is 5.26 Å². The maximum atomic E-state index is 9.48. The minimum atomic E-state index is -0.437. The van der Waals surface area contributed by atoms with E-state index in [1.807, 2.05) is 0 Å². The van der Waals surface area contributed by atoms with Crippen molar-refractivity contribution in [1.29, 1.82) is 5.26 Å². The van der Waals surface area contributed by atoms with Crippen LogP contribution in [0.5, 0.6) is 0 Å². The molecule has 3 nitrogen and oxygen atoms in total. The van der Waals surface area contributed by atoms with E-state index in [9.17, 15) is 5.26 Å². The molecule has 0 aromatic carbocycles. The van der Waals surface area contributed by atoms with Gasteiger partial charge in [0, 0.05) is 6.61 Å². The van der Waals surface area contributed by atoms with Crippen LogP contribution in [0.15, 0.2) is 0 Å². The first-order valence-corrected chi connectivity index (χ1v) is 7.17. The molecule has 3 heteroatoms. The molecule has 0 aromatic heterocycles. The molecule has 0 heterocycles. The number of nitriles is 1. The number of ether oxygens (including phenoxy) is 1. The summed E-state index contributed by atoms with van der Waals surface area (Å²) < 4.78 is 5.78. The third kappa shape index (κ3) is 4.96. The Morgan fingerprint density at radius 3 is 2.44 bits per heavy atom. The van der Waals surface area contributed by atoms with Crippen LogP contribution < -0.4 is 5.32 Å². The second-order valence-electron chi connectivity index (χ2n) is 6.65. The standard InChI is InChI=1S/C15H28N2O/c1-5-9-17-15(11-16,13-6-7-13)12-18-10-8-14(2,3)4/h13,17H,5-10,12H2,1-4H3. The number of nitrogens with zero attached hydrogens (tertiary/aromatic N) is 1. The predicted molar refractivity (Wildman–Crippen MR) is 74.3 cm³/mol. The van der Waals surface area contributed by atoms with Crippen molar-refractivity contribution in [2.45, 2.75) is 58.9 Å². The minimum Gasteiger partial charge on any atom is -0.378 e. The van der Waals surface area contributed by atoms with Crippen LogP contribution >= 0.6 is 0 Å². The SMILES string of the molecule is CCCNC(C#N)(COCCC(C)(C)C)C1CC1. The molecular weight excluding hydrogens is 224 g/mol. The molecular formula is C15H28N2O. The van der Waals surface area contributed by atoms with E-state index < -0.39 is 5.54 Å². The molecule has 0 amide bonds. The van der Waals surface area contributed by atoms with Crippen molar-refractivity contribution in [2.24, 2.45) is 11.3 Å². The van der Waals surface area contributed by atoms with Gasteiger partial charge in [0.05, 0.1) is 12.7 Å². The molecule has 18 heavy (non-hydrogen) atoms. The second kappa shape index (κ2) is 6.54. The maximum Gasteiger partial charge on any atom is 0.133 e. The summed E-state index contributed by atoms with van der Waals surface area (Å²) in [6.45, 7) is 10.9. The van der Waals surface area contributed by atoms with Crippen LogP contribution in [-0.4, -0.2) is 25.3 Å². The van der Waals surface area contributed by atoms with Crippen molar-refractivity contribution in [2.75, 3.05) is 19.8 Å². The van der Waals surface area contributed by atoms with Gasteiger partial charge < -0.3 is 4.74 Å². The largest absolute Gasteiger partial charge is 0.378 e. The fourth-order valence-corrected chi connectivity index (χ4v) is 2.01. The van der Waals surface area contributed by atoms with Crippen molar-refractivity contribution in [1.82, 2.24) is 5.32 Å². The summed E-state index contributed by atoms with van der Waals surface area (Å²) in [5.41, 5.74) is -0.139. The molecule has 0 bridgehead atoms. The van der Waals surface area contributed by atoms with Crippen molar-refractivity contribution in [3.63, 3.8) is 0 Å². The van der Waals surface area contributed by atoms with Crippen LogP contribution in [0.1, 0.15) is 53.4 Å². The molecule has 1 unspecified atom stereocenters. The van der Waals surface area contributed by atoms with Crippen LogP contribution in [0.3, 0.4) is 0 Å². The van der Waals surface area contributed by atoms with Gasteiger partial charge in [0.25, 0.3) is 0 Å². The Hall–Kier alpha value is -0.590. The van der Waals surface area contributed by atoms with Gasteiger partial charge in [-0.3, -0.25) is 5.32 Å². The number of hydrogen-bond acceptors (Lipinski definition) is 3. The summed E-state index contributed by atoms with van der Waals surface area (Å²) in [7, 11) is 0. The van der Waals surface area contributed by atoms with Crippen LogP contribution in [0.25, 0.3) is 0 Å². The zero-order chi connectivity index (χ0) is 13.6. The van der Waals surface area contributed by atoms with E-state index in [2.05, 4.69) is 39.1 Å². The normalized spacial score (nSPS) is 19.3. The monoisotopic (exact) mass is 252 g/mol. The van der Waals surface area contributed by atoms with E-state index in [1.165, 1.54) is 0 Å². The highest BCUT2D eigenvalue weighted by atomic mass is 16.5. The van der Waals surface area contributed by atoms with E-state index in [4.69, 9.17) is 4.74 Å². The molecule has 1 N–H and O–H groups in total. The summed E-state index contributed by atoms with van der Waals surface area (Å²) in [5.74, 6) is 0.490. The van der Waals surface area contributed by atoms with E-state index in [0.717, 1.165) is 38.8 Å². The summed E-state index contributed by atoms with van der Waals surface area (Å²) in [6, 6.07) is 2.47. The molecule has 1 rings (SSSR count). The molecule has 0 saturated heterocycles. The highest BCUT2D eigenvalue weighted by molar-refractivity contribution is 5.15. The van der Waals surface area contributed by atoms with Gasteiger partial charge in [-0.25, -0.2) is 0 Å². The van der Waals surface area contributed by atoms with E-state index >= 15 is 0 Å². The minimum absolute atomic E-state index is 0.297. The molecule has 0 aromatic rings. The number of rotatable bonds is 8. The van der Waals surface area contributed by atoms with Crippen molar-refractivity contribution >= 4 is 0 Å². The summed E-state index contributed by atoms with van der Waals surface area (Å²) >= 11 is 0. The predicted octanol–water partition coefficient (Wildman–Crippen LogP) is 3.11. The van der Waals surface area contributed by atoms with Crippen molar-refractivity contribution < 1.29 is 4.74 Å². The average molecular weight is 252 g/mol. The zero-order valence-corrected chi connectivity index (χ0v) is 12.4. The van der Waals surface area contributed by atoms with Gasteiger partial charge >= 0.3 is 0 Å². The van der Waals surface area contributed by atoms with Gasteiger partial charge in [0.1, 0.15) is 5.54 Å². The Morgan fingerprint density at radius 1 is 1.33 bits per heavy atom. The van der Waals surface area contributed by atoms with Gasteiger partial charge in [-0.1, -0.05) is 27.7 Å². The van der Waals surface area contributed by atoms with Crippen LogP contribution in [-0.2, 0) is 4.74 Å². The molecule has 104 valence electrons. The quantitative estimate of drug-likeness (QED) is 0.675. The van der Waals surface area contributed by atoms with Crippen molar-refractivity contribution in [3.05, 3.63) is 0 Å². The summed E-state index contributed by atoms with van der Waals surface area (Å²) in [5, 5.41) is 12.9. The Balaban J connectivity index is 2.39. The molecule has 1 fully saturated rings. The average Bonchev–Trinajstić information content (AvgIpc) is 3.12. The highest BCUT2D eigenvalue weighted by Gasteiger charge is 2.45. The second-order valence-corrected chi connectivity index (χ2v) is 6.65. The van der Waals surface area contributed by atoms with E-state index in [0.29, 0.717) is 17.9 Å². The number of nitrogens with one attached hydrogen (secondary N) is 1. The summed E-state index contributed by atoms with van der Waals surface area (Å²) in [4.78, 5) is 0. The van der Waals surface area contributed by atoms with E-state index in [1.54, 1.807) is 0 Å². The first kappa shape index (κ1) is 15.5. The Kier molecular flexibility index (Phi) is 5.62. The lowest BCUT2D eigenvalue weighted by Crippen LogP contribution is -2.50. The first-order valence-electron chi connectivity index (χ1n) is 7.17. The van der Waals surface area contributed by atoms with E-state index in [-0.39, 0.29) is 0 Å². The fraction of sp³-hybridized carbons (Fsp3) is 0.933. The first-order chi connectivity index (χ1) is 8.43. The molecule has 1 saturated carbocycles. The van der Waals surface area contributed by atoms with Gasteiger partial charge in [0.15, 0.2) is 0 Å². The lowest BCUT2D eigenvalue weighted by Gasteiger charge is -2.28. The summed E-state index contributed by atoms with van der Waals surface area (Å²) in [6.07, 6.45) is 4.41. The van der Waals surface area contributed by atoms with Crippen LogP contribution in [0.4, 0.5) is 0 Å². The van der Waals surface area contributed by atoms with Gasteiger partial charge in [0.2, 0.25) is 0 Å². The molecule has 1 atom stereocenters. The molecule has 0 aliphatic heterocycles. The topological polar surface area (TPSA) is 45.0 Å². The van der Waals surface area contributed by atoms with Crippen molar-refractivity contribution in [3.8, 4) is 6.07 Å². The third-order valence-electron chi connectivity index (χ3n) is 3.49. The molecule has 1 aliphatic rings. The number of hydrogen-bond donors (Lipinski definition) is 1. The fourth-order valence-electron chi connectivity index (χ4n) is 2.01. The lowest BCUT2D eigenvalue weighted by atomic mass is 9.92.